The van der Waals surface area contributed by atoms with Gasteiger partial charge in [-0.05, 0) is 67.0 Å². The predicted molar refractivity (Wildman–Crippen MR) is 180 cm³/mol. The molecule has 1 amide bonds. The summed E-state index contributed by atoms with van der Waals surface area (Å²) in [6, 6.07) is 4.22. The molecule has 3 aliphatic heterocycles. The molecule has 5 heterocycles. The van der Waals surface area contributed by atoms with Crippen molar-refractivity contribution in [2.75, 3.05) is 44.7 Å². The Kier molecular flexibility index (Phi) is 9.78. The second-order valence-electron chi connectivity index (χ2n) is 11.7. The van der Waals surface area contributed by atoms with E-state index in [1.165, 1.54) is 4.90 Å². The van der Waals surface area contributed by atoms with Crippen LogP contribution in [-0.4, -0.2) is 87.1 Å². The van der Waals surface area contributed by atoms with Gasteiger partial charge in [0.25, 0.3) is 5.91 Å². The van der Waals surface area contributed by atoms with Crippen molar-refractivity contribution in [2.24, 2.45) is 0 Å². The number of likely N-dealkylation sites (tertiary alicyclic amines) is 1. The molecule has 238 valence electrons. The van der Waals surface area contributed by atoms with E-state index in [0.29, 0.717) is 43.3 Å². The Bertz CT molecular complexity index is 1690. The minimum Gasteiger partial charge on any atom is -0.462 e. The van der Waals surface area contributed by atoms with Crippen LogP contribution in [0.3, 0.4) is 0 Å². The zero-order chi connectivity index (χ0) is 31.8. The number of aromatic nitrogens is 4. The number of carbonyl (C=O) groups is 1. The third-order valence-electron chi connectivity index (χ3n) is 8.97. The van der Waals surface area contributed by atoms with E-state index < -0.39 is 17.8 Å². The van der Waals surface area contributed by atoms with E-state index >= 15 is 0 Å². The van der Waals surface area contributed by atoms with Gasteiger partial charge in [-0.3, -0.25) is 4.79 Å². The second kappa shape index (κ2) is 13.6. The fourth-order valence-corrected chi connectivity index (χ4v) is 8.35. The molecular weight excluding hydrogens is 733 g/mol. The minimum absolute atomic E-state index is 0.0477. The summed E-state index contributed by atoms with van der Waals surface area (Å²) in [6.07, 6.45) is 4.59. The standard InChI is InChI=1S/C30H34ClFIN8O3P/c1-17-11-24-21(13-35-41(24)45-33)26(27(17)31)25-12-23-22(16-43-25)28(37-30(36-23)44-15-20-5-4-8-38(20)3)39-9-10-40(29(42)18(2)32)19(14-39)6-7-34/h11,13,19-20,25,45H,2,4-6,8-10,12,14-16H2,1,3H3/t19-,20-,25?/m0/s1. The van der Waals surface area contributed by atoms with Gasteiger partial charge in [0.15, 0.2) is 5.83 Å². The minimum atomic E-state index is -1.04. The van der Waals surface area contributed by atoms with Crippen LogP contribution in [0.15, 0.2) is 24.7 Å². The van der Waals surface area contributed by atoms with E-state index in [1.807, 2.05) is 22.5 Å². The molecule has 2 fully saturated rings. The molecule has 0 aliphatic carbocycles. The fraction of sp³-hybridized carbons (Fsp3) is 0.500. The number of piperazine rings is 1. The number of nitriles is 1. The Morgan fingerprint density at radius 1 is 1.33 bits per heavy atom. The number of hydrogen-bond acceptors (Lipinski definition) is 9. The third kappa shape index (κ3) is 6.37. The molecule has 0 spiro atoms. The number of amides is 1. The molecule has 0 N–H and O–H groups in total. The van der Waals surface area contributed by atoms with Gasteiger partial charge in [0.2, 0.25) is 0 Å². The fourth-order valence-electron chi connectivity index (χ4n) is 6.54. The smallest absolute Gasteiger partial charge is 0.318 e. The Balaban J connectivity index is 1.36. The number of likely N-dealkylation sites (N-methyl/N-ethyl adjacent to an activating group) is 1. The lowest BCUT2D eigenvalue weighted by Gasteiger charge is -2.42. The summed E-state index contributed by atoms with van der Waals surface area (Å²) in [7, 11) is 2.09. The van der Waals surface area contributed by atoms with E-state index in [0.717, 1.165) is 52.7 Å². The summed E-state index contributed by atoms with van der Waals surface area (Å²) >= 11 is 9.25. The lowest BCUT2D eigenvalue weighted by Crippen LogP contribution is -2.55. The molecule has 1 aromatic carbocycles. The highest BCUT2D eigenvalue weighted by Crippen LogP contribution is 2.43. The number of benzene rings is 1. The molecule has 2 saturated heterocycles. The van der Waals surface area contributed by atoms with Crippen molar-refractivity contribution in [2.45, 2.75) is 57.4 Å². The number of anilines is 1. The van der Waals surface area contributed by atoms with Crippen molar-refractivity contribution in [1.29, 1.82) is 5.26 Å². The summed E-state index contributed by atoms with van der Waals surface area (Å²) in [5.74, 6) is -1.18. The number of carbonyl (C=O) groups excluding carboxylic acids is 1. The average Bonchev–Trinajstić information content (AvgIpc) is 3.64. The molecule has 0 saturated carbocycles. The van der Waals surface area contributed by atoms with Gasteiger partial charge in [0.1, 0.15) is 12.4 Å². The largest absolute Gasteiger partial charge is 0.462 e. The summed E-state index contributed by atoms with van der Waals surface area (Å²) in [6.45, 7) is 7.79. The van der Waals surface area contributed by atoms with Crippen LogP contribution in [-0.2, 0) is 22.6 Å². The van der Waals surface area contributed by atoms with Crippen molar-refractivity contribution in [3.05, 3.63) is 52.1 Å². The number of aryl methyl sites for hydroxylation is 1. The zero-order valence-electron chi connectivity index (χ0n) is 25.1. The quantitative estimate of drug-likeness (QED) is 0.172. The maximum Gasteiger partial charge on any atom is 0.318 e. The number of halogens is 3. The lowest BCUT2D eigenvalue weighted by molar-refractivity contribution is -0.131. The Morgan fingerprint density at radius 3 is 2.87 bits per heavy atom. The molecule has 45 heavy (non-hydrogen) atoms. The maximum absolute atomic E-state index is 13.8. The lowest BCUT2D eigenvalue weighted by atomic mass is 9.95. The van der Waals surface area contributed by atoms with Crippen molar-refractivity contribution in [1.82, 2.24) is 29.3 Å². The topological polar surface area (TPSA) is 113 Å². The van der Waals surface area contributed by atoms with E-state index in [4.69, 9.17) is 31.0 Å². The molecule has 2 unspecified atom stereocenters. The van der Waals surface area contributed by atoms with Crippen molar-refractivity contribution in [3.8, 4) is 12.1 Å². The van der Waals surface area contributed by atoms with Crippen LogP contribution in [0, 0.1) is 18.3 Å². The summed E-state index contributed by atoms with van der Waals surface area (Å²) in [5.41, 5.74) is 4.47. The van der Waals surface area contributed by atoms with Gasteiger partial charge in [-0.25, -0.2) is 8.84 Å². The molecular formula is C30H34ClFIN8O3P. The monoisotopic (exact) mass is 766 g/mol. The highest BCUT2D eigenvalue weighted by Gasteiger charge is 2.36. The molecule has 2 aromatic heterocycles. The van der Waals surface area contributed by atoms with Crippen LogP contribution in [0.1, 0.15) is 47.8 Å². The SMILES string of the molecule is C=C(F)C(=O)N1CCN(c2nc(OC[C@@H]3CCCN3C)nc3c2COC(c2c(Cl)c(C)cc4c2cnn4PI)C3)C[C@@H]1CC#N. The molecule has 15 heteroatoms. The van der Waals surface area contributed by atoms with Crippen molar-refractivity contribution in [3.63, 3.8) is 0 Å². The second-order valence-corrected chi connectivity index (χ2v) is 14.1. The van der Waals surface area contributed by atoms with Crippen LogP contribution in [0.2, 0.25) is 5.02 Å². The van der Waals surface area contributed by atoms with Gasteiger partial charge in [-0.1, -0.05) is 18.2 Å². The molecule has 3 aromatic rings. The summed E-state index contributed by atoms with van der Waals surface area (Å²) < 4.78 is 28.6. The van der Waals surface area contributed by atoms with Crippen LogP contribution in [0.25, 0.3) is 10.9 Å². The van der Waals surface area contributed by atoms with Gasteiger partial charge in [-0.15, -0.1) is 0 Å². The first-order valence-corrected chi connectivity index (χ1v) is 19.3. The molecule has 4 atom stereocenters. The Hall–Kier alpha value is -2.63. The Morgan fingerprint density at radius 2 is 2.16 bits per heavy atom. The normalized spacial score (nSPS) is 22.3. The Labute approximate surface area is 281 Å². The first-order chi connectivity index (χ1) is 21.7. The van der Waals surface area contributed by atoms with E-state index in [-0.39, 0.29) is 37.7 Å². The zero-order valence-corrected chi connectivity index (χ0v) is 29.0. The number of rotatable bonds is 8. The number of fused-ring (bicyclic) bond motifs is 2. The highest BCUT2D eigenvalue weighted by molar-refractivity contribution is 14.2. The summed E-state index contributed by atoms with van der Waals surface area (Å²) in [4.78, 5) is 28.0. The van der Waals surface area contributed by atoms with Crippen LogP contribution < -0.4 is 9.64 Å². The van der Waals surface area contributed by atoms with Gasteiger partial charge in [0.05, 0.1) is 60.0 Å². The van der Waals surface area contributed by atoms with Gasteiger partial charge >= 0.3 is 6.01 Å². The van der Waals surface area contributed by atoms with Crippen molar-refractivity contribution < 1.29 is 18.7 Å². The summed E-state index contributed by atoms with van der Waals surface area (Å²) in [5, 5.41) is 15.7. The first kappa shape index (κ1) is 32.3. The molecule has 0 radical (unpaired) electrons. The molecule has 6 rings (SSSR count). The van der Waals surface area contributed by atoms with E-state index in [9.17, 15) is 14.4 Å². The van der Waals surface area contributed by atoms with Crippen LogP contribution in [0.5, 0.6) is 6.01 Å². The predicted octanol–water partition coefficient (Wildman–Crippen LogP) is 5.28. The van der Waals surface area contributed by atoms with Crippen LogP contribution in [0.4, 0.5) is 10.2 Å². The number of nitrogens with zero attached hydrogens (tertiary/aromatic N) is 8. The van der Waals surface area contributed by atoms with Crippen molar-refractivity contribution >= 4 is 62.6 Å². The van der Waals surface area contributed by atoms with E-state index in [1.54, 1.807) is 0 Å². The van der Waals surface area contributed by atoms with Gasteiger partial charge in [0, 0.05) is 48.6 Å². The third-order valence-corrected chi connectivity index (χ3v) is 11.4. The molecule has 0 bridgehead atoms. The number of hydrogen-bond donors (Lipinski definition) is 0. The number of ether oxygens (including phenoxy) is 2. The average molecular weight is 767 g/mol. The maximum atomic E-state index is 13.8. The first-order valence-electron chi connectivity index (χ1n) is 14.8. The highest BCUT2D eigenvalue weighted by atomic mass is 127. The molecule has 3 aliphatic rings. The van der Waals surface area contributed by atoms with Crippen LogP contribution >= 0.6 is 40.0 Å². The van der Waals surface area contributed by atoms with Gasteiger partial charge < -0.3 is 24.2 Å². The van der Waals surface area contributed by atoms with Gasteiger partial charge in [-0.2, -0.15) is 20.3 Å². The molecule has 11 nitrogen and oxygen atoms in total. The van der Waals surface area contributed by atoms with E-state index in [2.05, 4.69) is 57.8 Å².